The van der Waals surface area contributed by atoms with Gasteiger partial charge in [0.25, 0.3) is 11.7 Å². The summed E-state index contributed by atoms with van der Waals surface area (Å²) in [5, 5.41) is 50.7. The number of nitrogens with one attached hydrogen (secondary N) is 1. The highest BCUT2D eigenvalue weighted by Gasteiger charge is 2.50. The maximum absolute atomic E-state index is 14.8. The van der Waals surface area contributed by atoms with E-state index in [4.69, 9.17) is 24.2 Å². The van der Waals surface area contributed by atoms with Crippen molar-refractivity contribution in [3.05, 3.63) is 82.5 Å². The second-order valence-electron chi connectivity index (χ2n) is 21.1. The number of aromatic nitrogens is 1. The third kappa shape index (κ3) is 10.8. The molecule has 18 heteroatoms. The number of carbonyl (C=O) groups excluding carboxylic acids is 4. The number of hydrogen-bond acceptors (Lipinski definition) is 16. The molecule has 6 aliphatic heterocycles. The number of carbonyl (C=O) groups is 4. The highest BCUT2D eigenvalue weighted by Crippen LogP contribution is 2.50. The lowest BCUT2D eigenvalue weighted by atomic mass is 9.81. The van der Waals surface area contributed by atoms with Crippen LogP contribution in [-0.4, -0.2) is 134 Å². The van der Waals surface area contributed by atoms with Gasteiger partial charge in [-0.3, -0.25) is 34.1 Å². The summed E-state index contributed by atoms with van der Waals surface area (Å²) in [6.45, 7) is 18.6. The Hall–Kier alpha value is -6.37. The van der Waals surface area contributed by atoms with Crippen LogP contribution < -0.4 is 25.7 Å². The second kappa shape index (κ2) is 21.6. The number of phenols is 2. The van der Waals surface area contributed by atoms with Crippen LogP contribution in [0.2, 0.25) is 0 Å². The number of esters is 1. The van der Waals surface area contributed by atoms with Gasteiger partial charge >= 0.3 is 11.8 Å². The van der Waals surface area contributed by atoms with Crippen LogP contribution in [0.15, 0.2) is 70.7 Å². The monoisotopic (exact) mass is 1010 g/mol. The van der Waals surface area contributed by atoms with Gasteiger partial charge in [-0.1, -0.05) is 52.8 Å². The van der Waals surface area contributed by atoms with Crippen LogP contribution in [0.4, 0.5) is 11.4 Å². The molecule has 1 spiro atoms. The second-order valence-corrected chi connectivity index (χ2v) is 21.1. The Labute approximate surface area is 426 Å². The maximum atomic E-state index is 14.8. The number of aliphatic hydroxyl groups is 2. The first-order chi connectivity index (χ1) is 34.7. The zero-order chi connectivity index (χ0) is 52.5. The fraction of sp³-hybridized carbons (Fsp3) is 0.545. The molecule has 9 rings (SSSR count). The van der Waals surface area contributed by atoms with Crippen molar-refractivity contribution in [2.45, 2.75) is 124 Å². The molecular weight excluding hydrogens is 935 g/mol. The summed E-state index contributed by atoms with van der Waals surface area (Å²) >= 11 is 0. The average Bonchev–Trinajstić information content (AvgIpc) is 3.72. The van der Waals surface area contributed by atoms with Crippen LogP contribution in [0.1, 0.15) is 103 Å². The molecule has 0 radical (unpaired) electrons. The van der Waals surface area contributed by atoms with Gasteiger partial charge in [-0.2, -0.15) is 0 Å². The average molecular weight is 1010 g/mol. The summed E-state index contributed by atoms with van der Waals surface area (Å²) in [6.07, 6.45) is 9.83. The van der Waals surface area contributed by atoms with Crippen molar-refractivity contribution < 1.29 is 53.8 Å². The van der Waals surface area contributed by atoms with Gasteiger partial charge in [-0.15, -0.1) is 0 Å². The molecule has 1 unspecified atom stereocenters. The van der Waals surface area contributed by atoms with Gasteiger partial charge in [-0.05, 0) is 57.2 Å². The first-order valence-corrected chi connectivity index (χ1v) is 25.7. The predicted octanol–water partition coefficient (Wildman–Crippen LogP) is 5.38. The summed E-state index contributed by atoms with van der Waals surface area (Å²) in [6, 6.07) is 3.84. The summed E-state index contributed by atoms with van der Waals surface area (Å²) in [4.78, 5) is 76.7. The Bertz CT molecular complexity index is 2840. The molecule has 5 bridgehead atoms. The van der Waals surface area contributed by atoms with Gasteiger partial charge in [-0.25, -0.2) is 0 Å². The molecule has 5 N–H and O–H groups in total. The van der Waals surface area contributed by atoms with Crippen LogP contribution in [0.5, 0.6) is 17.2 Å². The molecule has 2 saturated heterocycles. The number of Topliss-reactive ketones (excluding diaryl/α,β-unsaturated/α-hetero) is 1. The van der Waals surface area contributed by atoms with Crippen LogP contribution in [0, 0.1) is 30.6 Å². The molecule has 2 aromatic carbocycles. The van der Waals surface area contributed by atoms with E-state index in [-0.39, 0.29) is 74.1 Å². The summed E-state index contributed by atoms with van der Waals surface area (Å²) < 4.78 is 18.5. The van der Waals surface area contributed by atoms with E-state index >= 15 is 0 Å². The Morgan fingerprint density at radius 2 is 1.63 bits per heavy atom. The number of piperidine rings is 1. The first-order valence-electron chi connectivity index (χ1n) is 25.7. The van der Waals surface area contributed by atoms with Crippen molar-refractivity contribution >= 4 is 45.7 Å². The van der Waals surface area contributed by atoms with Gasteiger partial charge in [0.15, 0.2) is 11.4 Å². The topological polar surface area (TPSA) is 236 Å². The predicted molar refractivity (Wildman–Crippen MR) is 274 cm³/mol. The molecule has 1 aromatic heterocycles. The Balaban J connectivity index is 1.11. The molecular formula is C55H71N7O11. The van der Waals surface area contributed by atoms with E-state index in [9.17, 15) is 39.6 Å². The maximum Gasteiger partial charge on any atom is 0.315 e. The fourth-order valence-corrected chi connectivity index (χ4v) is 10.8. The van der Waals surface area contributed by atoms with Crippen LogP contribution in [0.25, 0.3) is 10.8 Å². The number of aliphatic hydroxyl groups excluding tert-OH is 2. The number of nitrogens with zero attached hydrogens (tertiary/aromatic N) is 6. The molecule has 0 aliphatic carbocycles. The van der Waals surface area contributed by atoms with Crippen molar-refractivity contribution in [2.24, 2.45) is 33.7 Å². The van der Waals surface area contributed by atoms with E-state index < -0.39 is 77.3 Å². The van der Waals surface area contributed by atoms with Crippen LogP contribution in [0.3, 0.4) is 0 Å². The van der Waals surface area contributed by atoms with Crippen molar-refractivity contribution in [2.75, 3.05) is 56.0 Å². The summed E-state index contributed by atoms with van der Waals surface area (Å²) in [5.74, 6) is -6.57. The highest BCUT2D eigenvalue weighted by atomic mass is 16.7. The van der Waals surface area contributed by atoms with Gasteiger partial charge in [0, 0.05) is 118 Å². The standard InChI is InChI=1S/C55H71N7O11/c1-31(2)30-60-24-18-55(19-25-60)58-44-41-42-49(67)36(7)51-43(41)52(69)54(8,73-51)71-28-10-9-15-38(72-40(64)29-39(63)62-23-12-22-61(26-27-62)37-16-20-56-21-17-37)34(5)48(66)35(6)47(65)32(3)13-11-14-33(4)53(70)57-46(50(42)68)45(44)59-55/h10-11,13-14,16-17,20-21,28,31-32,34-35,38,47-48,65-68H,9,12,15,18-19,22-27,29-30H2,1-8H3,(H,57,70)/b13-11+,28-10+,33-14-/t32-,34-,35+,38+,47-,48?,54-/m0/s1. The minimum Gasteiger partial charge on any atom is -0.507 e. The zero-order valence-electron chi connectivity index (χ0n) is 43.3. The van der Waals surface area contributed by atoms with E-state index in [1.807, 2.05) is 12.1 Å². The van der Waals surface area contributed by atoms with Crippen molar-refractivity contribution in [1.29, 1.82) is 0 Å². The quantitative estimate of drug-likeness (QED) is 0.119. The lowest BCUT2D eigenvalue weighted by Crippen LogP contribution is -2.43. The largest absolute Gasteiger partial charge is 0.507 e. The van der Waals surface area contributed by atoms with Crippen LogP contribution in [-0.2, 0) is 23.9 Å². The number of ketones is 1. The minimum atomic E-state index is -1.95. The van der Waals surface area contributed by atoms with Crippen molar-refractivity contribution in [1.82, 2.24) is 14.8 Å². The third-order valence-corrected chi connectivity index (χ3v) is 15.2. The van der Waals surface area contributed by atoms with E-state index in [0.717, 1.165) is 18.8 Å². The first kappa shape index (κ1) is 52.9. The minimum absolute atomic E-state index is 0.0375. The van der Waals surface area contributed by atoms with Gasteiger partial charge in [0.05, 0.1) is 34.8 Å². The van der Waals surface area contributed by atoms with Gasteiger partial charge < -0.3 is 54.7 Å². The van der Waals surface area contributed by atoms with Crippen molar-refractivity contribution in [3.8, 4) is 17.2 Å². The molecule has 392 valence electrons. The number of phenolic OH excluding ortho intramolecular Hbond substituents is 2. The van der Waals surface area contributed by atoms with E-state index in [1.54, 1.807) is 76.2 Å². The van der Waals surface area contributed by atoms with Crippen molar-refractivity contribution in [3.63, 3.8) is 0 Å². The molecule has 6 aliphatic rings. The van der Waals surface area contributed by atoms with Crippen LogP contribution >= 0.6 is 0 Å². The number of pyridine rings is 1. The molecule has 7 heterocycles. The number of fused-ring (bicyclic) bond motifs is 13. The number of benzene rings is 2. The fourth-order valence-electron chi connectivity index (χ4n) is 10.8. The molecule has 7 atom stereocenters. The number of amides is 2. The third-order valence-electron chi connectivity index (χ3n) is 15.2. The van der Waals surface area contributed by atoms with E-state index in [0.29, 0.717) is 57.9 Å². The number of hydrogen-bond donors (Lipinski definition) is 5. The van der Waals surface area contributed by atoms with E-state index in [2.05, 4.69) is 33.9 Å². The lowest BCUT2D eigenvalue weighted by molar-refractivity contribution is -0.159. The Morgan fingerprint density at radius 1 is 0.918 bits per heavy atom. The number of likely N-dealkylation sites (tertiary alicyclic amines) is 1. The summed E-state index contributed by atoms with van der Waals surface area (Å²) in [5.41, 5.74) is 0.403. The van der Waals surface area contributed by atoms with E-state index in [1.165, 1.54) is 13.2 Å². The molecule has 2 fully saturated rings. The normalized spacial score (nSPS) is 28.6. The zero-order valence-corrected chi connectivity index (χ0v) is 43.3. The Kier molecular flexibility index (Phi) is 15.7. The lowest BCUT2D eigenvalue weighted by Gasteiger charge is -2.36. The molecule has 73 heavy (non-hydrogen) atoms. The number of anilines is 2. The SMILES string of the molecule is C/C1=C/C=C/[C@H](C)[C@H](O)[C@@H](C)C(O)[C@@H](C)[C@H](OC(=O)CC(=O)N2CCCN(c3ccncc3)CC2)CC/C=C/O[C@@]2(C)Oc3c(C)c(O)c4c(O)c(c5c(c4c3C2=O)=NC2(CCN(CC(C)C)CC2)N=5)NC1=O. The Morgan fingerprint density at radius 3 is 2.34 bits per heavy atom. The molecule has 2 amide bonds. The number of allylic oxidation sites excluding steroid dienone is 3. The number of ether oxygens (including phenoxy) is 3. The molecule has 18 nitrogen and oxygen atoms in total. The number of aromatic hydroxyl groups is 2. The number of rotatable bonds is 6. The van der Waals surface area contributed by atoms with Gasteiger partial charge in [0.2, 0.25) is 5.91 Å². The molecule has 0 saturated carbocycles. The smallest absolute Gasteiger partial charge is 0.315 e. The highest BCUT2D eigenvalue weighted by molar-refractivity contribution is 6.19. The summed E-state index contributed by atoms with van der Waals surface area (Å²) in [7, 11) is 0. The molecule has 3 aromatic rings. The van der Waals surface area contributed by atoms with Gasteiger partial charge in [0.1, 0.15) is 35.1 Å².